The lowest BCUT2D eigenvalue weighted by atomic mass is 10.2. The van der Waals surface area contributed by atoms with E-state index in [1.54, 1.807) is 12.4 Å². The molecule has 1 N–H and O–H groups in total. The Hall–Kier alpha value is -1.56. The summed E-state index contributed by atoms with van der Waals surface area (Å²) in [6.07, 6.45) is 5.74. The van der Waals surface area contributed by atoms with E-state index in [1.165, 1.54) is 12.8 Å². The van der Waals surface area contributed by atoms with Gasteiger partial charge >= 0.3 is 0 Å². The third-order valence-corrected chi connectivity index (χ3v) is 3.06. The largest absolute Gasteiger partial charge is 0.348 e. The SMILES string of the molecule is C/C(=N\NC(=S)N1CCCC1)c1ccnnc1. The van der Waals surface area contributed by atoms with Crippen molar-refractivity contribution in [2.24, 2.45) is 5.10 Å². The van der Waals surface area contributed by atoms with Gasteiger partial charge in [-0.15, -0.1) is 0 Å². The molecule has 1 saturated heterocycles. The van der Waals surface area contributed by atoms with Crippen LogP contribution in [0.3, 0.4) is 0 Å². The van der Waals surface area contributed by atoms with Gasteiger partial charge < -0.3 is 4.90 Å². The van der Waals surface area contributed by atoms with Crippen molar-refractivity contribution in [2.75, 3.05) is 13.1 Å². The van der Waals surface area contributed by atoms with E-state index in [4.69, 9.17) is 12.2 Å². The summed E-state index contributed by atoms with van der Waals surface area (Å²) >= 11 is 5.26. The molecular formula is C11H15N5S. The molecule has 0 unspecified atom stereocenters. The Morgan fingerprint density at radius 3 is 2.82 bits per heavy atom. The van der Waals surface area contributed by atoms with Crippen LogP contribution < -0.4 is 5.43 Å². The fourth-order valence-corrected chi connectivity index (χ4v) is 1.92. The molecule has 0 spiro atoms. The molecule has 5 nitrogen and oxygen atoms in total. The summed E-state index contributed by atoms with van der Waals surface area (Å²) in [5.41, 5.74) is 4.71. The normalized spacial score (nSPS) is 16.1. The molecule has 0 aliphatic carbocycles. The Balaban J connectivity index is 1.94. The summed E-state index contributed by atoms with van der Waals surface area (Å²) in [7, 11) is 0. The molecule has 6 heteroatoms. The molecule has 0 amide bonds. The molecule has 0 atom stereocenters. The van der Waals surface area contributed by atoms with Crippen LogP contribution in [-0.2, 0) is 0 Å². The molecule has 1 aromatic heterocycles. The van der Waals surface area contributed by atoms with Crippen LogP contribution >= 0.6 is 12.2 Å². The molecule has 1 aliphatic rings. The number of nitrogens with zero attached hydrogens (tertiary/aromatic N) is 4. The van der Waals surface area contributed by atoms with E-state index in [0.29, 0.717) is 5.11 Å². The first kappa shape index (κ1) is 11.9. The summed E-state index contributed by atoms with van der Waals surface area (Å²) in [4.78, 5) is 2.14. The highest BCUT2D eigenvalue weighted by atomic mass is 32.1. The minimum atomic E-state index is 0.698. The van der Waals surface area contributed by atoms with Gasteiger partial charge in [0.2, 0.25) is 0 Å². The van der Waals surface area contributed by atoms with Crippen LogP contribution in [0.25, 0.3) is 0 Å². The summed E-state index contributed by atoms with van der Waals surface area (Å²) < 4.78 is 0. The number of likely N-dealkylation sites (tertiary alicyclic amines) is 1. The summed E-state index contributed by atoms with van der Waals surface area (Å²) in [6.45, 7) is 3.96. The number of hydrogen-bond acceptors (Lipinski definition) is 4. The molecule has 1 aromatic rings. The van der Waals surface area contributed by atoms with Crippen molar-refractivity contribution in [3.05, 3.63) is 24.0 Å². The summed E-state index contributed by atoms with van der Waals surface area (Å²) in [6, 6.07) is 1.87. The Bertz CT molecular complexity index is 411. The van der Waals surface area contributed by atoms with Crippen LogP contribution in [0.5, 0.6) is 0 Å². The quantitative estimate of drug-likeness (QED) is 0.484. The average Bonchev–Trinajstić information content (AvgIpc) is 2.90. The third-order valence-electron chi connectivity index (χ3n) is 2.71. The van der Waals surface area contributed by atoms with Crippen molar-refractivity contribution in [1.29, 1.82) is 0 Å². The number of hydrazone groups is 1. The monoisotopic (exact) mass is 249 g/mol. The van der Waals surface area contributed by atoms with Crippen LogP contribution in [0.15, 0.2) is 23.6 Å². The van der Waals surface area contributed by atoms with Gasteiger partial charge in [0, 0.05) is 18.7 Å². The minimum absolute atomic E-state index is 0.698. The molecule has 1 fully saturated rings. The lowest BCUT2D eigenvalue weighted by Gasteiger charge is -2.17. The van der Waals surface area contributed by atoms with Gasteiger partial charge in [-0.1, -0.05) is 0 Å². The highest BCUT2D eigenvalue weighted by molar-refractivity contribution is 7.80. The lowest BCUT2D eigenvalue weighted by molar-refractivity contribution is 0.509. The smallest absolute Gasteiger partial charge is 0.189 e. The maximum absolute atomic E-state index is 5.26. The van der Waals surface area contributed by atoms with Crippen molar-refractivity contribution in [1.82, 2.24) is 20.5 Å². The first-order valence-electron chi connectivity index (χ1n) is 5.63. The Kier molecular flexibility index (Phi) is 3.98. The van der Waals surface area contributed by atoms with E-state index in [0.717, 1.165) is 24.4 Å². The van der Waals surface area contributed by atoms with Gasteiger partial charge in [0.15, 0.2) is 5.11 Å². The van der Waals surface area contributed by atoms with E-state index in [1.807, 2.05) is 13.0 Å². The van der Waals surface area contributed by atoms with Crippen LogP contribution in [-0.4, -0.2) is 39.0 Å². The molecule has 2 heterocycles. The van der Waals surface area contributed by atoms with Gasteiger partial charge in [-0.2, -0.15) is 15.3 Å². The standard InChI is InChI=1S/C11H15N5S/c1-9(10-4-5-12-13-8-10)14-15-11(17)16-6-2-3-7-16/h4-5,8H,2-3,6-7H2,1H3,(H,15,17)/b14-9+. The second kappa shape index (κ2) is 5.67. The number of thiocarbonyl (C=S) groups is 1. The van der Waals surface area contributed by atoms with Gasteiger partial charge in [0.25, 0.3) is 0 Å². The van der Waals surface area contributed by atoms with Crippen molar-refractivity contribution in [3.8, 4) is 0 Å². The Morgan fingerprint density at radius 2 is 2.18 bits per heavy atom. The predicted octanol–water partition coefficient (Wildman–Crippen LogP) is 1.17. The van der Waals surface area contributed by atoms with E-state index in [2.05, 4.69) is 25.6 Å². The zero-order chi connectivity index (χ0) is 12.1. The fourth-order valence-electron chi connectivity index (χ4n) is 1.69. The first-order valence-corrected chi connectivity index (χ1v) is 6.04. The molecular weight excluding hydrogens is 234 g/mol. The number of rotatable bonds is 2. The Morgan fingerprint density at radius 1 is 1.41 bits per heavy atom. The Labute approximate surface area is 106 Å². The van der Waals surface area contributed by atoms with Gasteiger partial charge in [-0.25, -0.2) is 0 Å². The molecule has 90 valence electrons. The maximum Gasteiger partial charge on any atom is 0.189 e. The molecule has 0 aromatic carbocycles. The van der Waals surface area contributed by atoms with Crippen LogP contribution in [0, 0.1) is 0 Å². The highest BCUT2D eigenvalue weighted by Gasteiger charge is 2.13. The number of nitrogens with one attached hydrogen (secondary N) is 1. The second-order valence-corrected chi connectivity index (χ2v) is 4.33. The second-order valence-electron chi connectivity index (χ2n) is 3.94. The van der Waals surface area contributed by atoms with E-state index < -0.39 is 0 Å². The summed E-state index contributed by atoms with van der Waals surface area (Å²) in [5.74, 6) is 0. The highest BCUT2D eigenvalue weighted by Crippen LogP contribution is 2.07. The molecule has 17 heavy (non-hydrogen) atoms. The molecule has 0 saturated carbocycles. The van der Waals surface area contributed by atoms with Crippen LogP contribution in [0.4, 0.5) is 0 Å². The van der Waals surface area contributed by atoms with Crippen LogP contribution in [0.1, 0.15) is 25.3 Å². The number of hydrogen-bond donors (Lipinski definition) is 1. The topological polar surface area (TPSA) is 53.4 Å². The average molecular weight is 249 g/mol. The summed E-state index contributed by atoms with van der Waals surface area (Å²) in [5, 5.41) is 12.5. The number of aromatic nitrogens is 2. The van der Waals surface area contributed by atoms with Gasteiger partial charge in [-0.3, -0.25) is 5.43 Å². The van der Waals surface area contributed by atoms with E-state index in [9.17, 15) is 0 Å². The lowest BCUT2D eigenvalue weighted by Crippen LogP contribution is -2.35. The van der Waals surface area contributed by atoms with Crippen molar-refractivity contribution in [3.63, 3.8) is 0 Å². The van der Waals surface area contributed by atoms with Gasteiger partial charge in [-0.05, 0) is 38.0 Å². The van der Waals surface area contributed by atoms with Crippen molar-refractivity contribution < 1.29 is 0 Å². The van der Waals surface area contributed by atoms with Crippen LogP contribution in [0.2, 0.25) is 0 Å². The van der Waals surface area contributed by atoms with E-state index in [-0.39, 0.29) is 0 Å². The predicted molar refractivity (Wildman–Crippen MR) is 70.8 cm³/mol. The zero-order valence-electron chi connectivity index (χ0n) is 9.76. The zero-order valence-corrected chi connectivity index (χ0v) is 10.6. The first-order chi connectivity index (χ1) is 8.27. The minimum Gasteiger partial charge on any atom is -0.348 e. The van der Waals surface area contributed by atoms with E-state index >= 15 is 0 Å². The van der Waals surface area contributed by atoms with Crippen molar-refractivity contribution in [2.45, 2.75) is 19.8 Å². The molecule has 0 radical (unpaired) electrons. The van der Waals surface area contributed by atoms with Gasteiger partial charge in [0.1, 0.15) is 0 Å². The fraction of sp³-hybridized carbons (Fsp3) is 0.455. The van der Waals surface area contributed by atoms with Crippen molar-refractivity contribution >= 4 is 23.0 Å². The van der Waals surface area contributed by atoms with Gasteiger partial charge in [0.05, 0.1) is 18.1 Å². The molecule has 2 rings (SSSR count). The molecule has 0 bridgehead atoms. The molecule has 1 aliphatic heterocycles. The maximum atomic E-state index is 5.26. The third kappa shape index (κ3) is 3.20.